The summed E-state index contributed by atoms with van der Waals surface area (Å²) in [5, 5.41) is 0. The van der Waals surface area contributed by atoms with Crippen LogP contribution in [0.15, 0.2) is 36.7 Å². The average molecular weight is 294 g/mol. The summed E-state index contributed by atoms with van der Waals surface area (Å²) in [5.41, 5.74) is 7.23. The van der Waals surface area contributed by atoms with E-state index < -0.39 is 10.0 Å². The number of aromatic nitrogens is 2. The molecule has 0 aliphatic carbocycles. The van der Waals surface area contributed by atoms with Gasteiger partial charge in [0.2, 0.25) is 10.0 Å². The van der Waals surface area contributed by atoms with E-state index in [9.17, 15) is 8.42 Å². The van der Waals surface area contributed by atoms with E-state index in [1.807, 2.05) is 12.1 Å². The number of imidazole rings is 1. The molecule has 7 heteroatoms. The van der Waals surface area contributed by atoms with Gasteiger partial charge >= 0.3 is 0 Å². The molecule has 0 saturated carbocycles. The lowest BCUT2D eigenvalue weighted by Gasteiger charge is -2.06. The Morgan fingerprint density at radius 1 is 1.20 bits per heavy atom. The number of nitrogens with two attached hydrogens (primary N) is 1. The minimum atomic E-state index is -3.33. The predicted octanol–water partition coefficient (Wildman–Crippen LogP) is 0.531. The molecule has 1 heterocycles. The van der Waals surface area contributed by atoms with Crippen molar-refractivity contribution in [1.82, 2.24) is 14.7 Å². The van der Waals surface area contributed by atoms with Crippen molar-refractivity contribution in [1.29, 1.82) is 0 Å². The van der Waals surface area contributed by atoms with Gasteiger partial charge in [0.05, 0.1) is 5.75 Å². The number of H-pyrrole nitrogens is 1. The first-order chi connectivity index (χ1) is 9.59. The van der Waals surface area contributed by atoms with E-state index >= 15 is 0 Å². The summed E-state index contributed by atoms with van der Waals surface area (Å²) in [6.07, 6.45) is 3.89. The highest BCUT2D eigenvalue weighted by Crippen LogP contribution is 2.07. The van der Waals surface area contributed by atoms with Gasteiger partial charge < -0.3 is 10.7 Å². The topological polar surface area (TPSA) is 101 Å². The van der Waals surface area contributed by atoms with Crippen molar-refractivity contribution >= 4 is 10.0 Å². The average Bonchev–Trinajstić information content (AvgIpc) is 2.92. The molecule has 0 aliphatic heterocycles. The summed E-state index contributed by atoms with van der Waals surface area (Å²) in [5.74, 6) is 0.732. The SMILES string of the molecule is NCc1ccc(CS(=O)(=O)NCCc2ncc[nH]2)cc1. The molecule has 2 rings (SSSR count). The predicted molar refractivity (Wildman–Crippen MR) is 77.3 cm³/mol. The maximum absolute atomic E-state index is 11.9. The maximum Gasteiger partial charge on any atom is 0.215 e. The van der Waals surface area contributed by atoms with Crippen molar-refractivity contribution in [3.8, 4) is 0 Å². The molecule has 0 unspecified atom stereocenters. The van der Waals surface area contributed by atoms with Crippen molar-refractivity contribution in [3.63, 3.8) is 0 Å². The molecule has 108 valence electrons. The highest BCUT2D eigenvalue weighted by Gasteiger charge is 2.11. The summed E-state index contributed by atoms with van der Waals surface area (Å²) in [6, 6.07) is 7.25. The van der Waals surface area contributed by atoms with Gasteiger partial charge in [-0.05, 0) is 11.1 Å². The van der Waals surface area contributed by atoms with Gasteiger partial charge in [-0.25, -0.2) is 18.1 Å². The van der Waals surface area contributed by atoms with Crippen LogP contribution in [0, 0.1) is 0 Å². The molecular weight excluding hydrogens is 276 g/mol. The summed E-state index contributed by atoms with van der Waals surface area (Å²) in [7, 11) is -3.33. The van der Waals surface area contributed by atoms with Crippen LogP contribution in [-0.4, -0.2) is 24.9 Å². The van der Waals surface area contributed by atoms with Gasteiger partial charge in [-0.1, -0.05) is 24.3 Å². The number of benzene rings is 1. The van der Waals surface area contributed by atoms with Gasteiger partial charge in [-0.15, -0.1) is 0 Å². The molecule has 1 aromatic heterocycles. The molecule has 0 atom stereocenters. The first-order valence-corrected chi connectivity index (χ1v) is 7.98. The lowest BCUT2D eigenvalue weighted by atomic mass is 10.1. The number of hydrogen-bond donors (Lipinski definition) is 3. The fourth-order valence-corrected chi connectivity index (χ4v) is 2.95. The molecule has 0 aliphatic rings. The van der Waals surface area contributed by atoms with Gasteiger partial charge in [0.1, 0.15) is 5.82 Å². The number of nitrogens with zero attached hydrogens (tertiary/aromatic N) is 1. The Morgan fingerprint density at radius 2 is 1.90 bits per heavy atom. The van der Waals surface area contributed by atoms with Crippen LogP contribution in [0.1, 0.15) is 17.0 Å². The smallest absolute Gasteiger partial charge is 0.215 e. The zero-order valence-electron chi connectivity index (χ0n) is 11.0. The van der Waals surface area contributed by atoms with Crippen LogP contribution in [0.5, 0.6) is 0 Å². The van der Waals surface area contributed by atoms with E-state index in [1.54, 1.807) is 24.5 Å². The lowest BCUT2D eigenvalue weighted by molar-refractivity contribution is 0.580. The van der Waals surface area contributed by atoms with Crippen LogP contribution in [0.2, 0.25) is 0 Å². The third-order valence-corrected chi connectivity index (χ3v) is 4.21. The highest BCUT2D eigenvalue weighted by atomic mass is 32.2. The second-order valence-electron chi connectivity index (χ2n) is 4.46. The first-order valence-electron chi connectivity index (χ1n) is 6.32. The molecule has 1 aromatic carbocycles. The monoisotopic (exact) mass is 294 g/mol. The van der Waals surface area contributed by atoms with Crippen LogP contribution < -0.4 is 10.5 Å². The van der Waals surface area contributed by atoms with Crippen molar-refractivity contribution in [3.05, 3.63) is 53.6 Å². The Labute approximate surface area is 118 Å². The van der Waals surface area contributed by atoms with E-state index in [1.165, 1.54) is 0 Å². The quantitative estimate of drug-likeness (QED) is 0.693. The molecule has 0 bridgehead atoms. The van der Waals surface area contributed by atoms with E-state index in [-0.39, 0.29) is 5.75 Å². The Morgan fingerprint density at radius 3 is 2.50 bits per heavy atom. The van der Waals surface area contributed by atoms with E-state index in [0.717, 1.165) is 17.0 Å². The van der Waals surface area contributed by atoms with Gasteiger partial charge in [0.25, 0.3) is 0 Å². The Balaban J connectivity index is 1.86. The Kier molecular flexibility index (Phi) is 4.89. The highest BCUT2D eigenvalue weighted by molar-refractivity contribution is 7.88. The standard InChI is InChI=1S/C13H18N4O2S/c14-9-11-1-3-12(4-2-11)10-20(18,19)17-6-5-13-15-7-8-16-13/h1-4,7-8,17H,5-6,9-10,14H2,(H,15,16). The number of nitrogens with one attached hydrogen (secondary N) is 2. The molecule has 0 radical (unpaired) electrons. The minimum Gasteiger partial charge on any atom is -0.349 e. The fourth-order valence-electron chi connectivity index (χ4n) is 1.80. The third-order valence-electron chi connectivity index (χ3n) is 2.85. The van der Waals surface area contributed by atoms with Crippen molar-refractivity contribution in [2.75, 3.05) is 6.54 Å². The summed E-state index contributed by atoms with van der Waals surface area (Å²) >= 11 is 0. The summed E-state index contributed by atoms with van der Waals surface area (Å²) < 4.78 is 26.4. The zero-order valence-corrected chi connectivity index (χ0v) is 11.9. The van der Waals surface area contributed by atoms with Gasteiger partial charge in [-0.2, -0.15) is 0 Å². The van der Waals surface area contributed by atoms with Crippen LogP contribution in [0.4, 0.5) is 0 Å². The normalized spacial score (nSPS) is 11.7. The molecule has 0 amide bonds. The van der Waals surface area contributed by atoms with Gasteiger partial charge in [0, 0.05) is 31.9 Å². The van der Waals surface area contributed by atoms with E-state index in [2.05, 4.69) is 14.7 Å². The number of hydrogen-bond acceptors (Lipinski definition) is 4. The zero-order chi connectivity index (χ0) is 14.4. The first kappa shape index (κ1) is 14.7. The molecule has 4 N–H and O–H groups in total. The second-order valence-corrected chi connectivity index (χ2v) is 6.27. The van der Waals surface area contributed by atoms with E-state index in [4.69, 9.17) is 5.73 Å². The van der Waals surface area contributed by atoms with Crippen LogP contribution in [0.25, 0.3) is 0 Å². The molecule has 6 nitrogen and oxygen atoms in total. The Hall–Kier alpha value is -1.70. The van der Waals surface area contributed by atoms with Crippen LogP contribution in [0.3, 0.4) is 0 Å². The lowest BCUT2D eigenvalue weighted by Crippen LogP contribution is -2.27. The van der Waals surface area contributed by atoms with Crippen LogP contribution >= 0.6 is 0 Å². The van der Waals surface area contributed by atoms with Gasteiger partial charge in [-0.3, -0.25) is 0 Å². The fraction of sp³-hybridized carbons (Fsp3) is 0.308. The molecule has 2 aromatic rings. The minimum absolute atomic E-state index is 0.0317. The van der Waals surface area contributed by atoms with E-state index in [0.29, 0.717) is 19.5 Å². The Bertz CT molecular complexity index is 621. The van der Waals surface area contributed by atoms with Crippen LogP contribution in [-0.2, 0) is 28.7 Å². The molecule has 0 saturated heterocycles. The van der Waals surface area contributed by atoms with Crippen molar-refractivity contribution in [2.24, 2.45) is 5.73 Å². The molecule has 0 fully saturated rings. The van der Waals surface area contributed by atoms with Crippen molar-refractivity contribution in [2.45, 2.75) is 18.7 Å². The maximum atomic E-state index is 11.9. The summed E-state index contributed by atoms with van der Waals surface area (Å²) in [6.45, 7) is 0.783. The second kappa shape index (κ2) is 6.65. The molecule has 20 heavy (non-hydrogen) atoms. The van der Waals surface area contributed by atoms with Crippen molar-refractivity contribution < 1.29 is 8.42 Å². The number of rotatable bonds is 7. The number of sulfonamides is 1. The summed E-state index contributed by atoms with van der Waals surface area (Å²) in [4.78, 5) is 6.96. The van der Waals surface area contributed by atoms with Gasteiger partial charge in [0.15, 0.2) is 0 Å². The largest absolute Gasteiger partial charge is 0.349 e. The number of aromatic amines is 1. The molecule has 0 spiro atoms. The molecular formula is C13H18N4O2S. The third kappa shape index (κ3) is 4.44.